The second-order valence-corrected chi connectivity index (χ2v) is 6.41. The Bertz CT molecular complexity index is 480. The van der Waals surface area contributed by atoms with E-state index in [0.717, 1.165) is 5.71 Å². The van der Waals surface area contributed by atoms with E-state index in [1.54, 1.807) is 6.92 Å². The van der Waals surface area contributed by atoms with Crippen LogP contribution in [0.25, 0.3) is 0 Å². The van der Waals surface area contributed by atoms with Gasteiger partial charge in [-0.05, 0) is 32.6 Å². The zero-order valence-corrected chi connectivity index (χ0v) is 16.3. The summed E-state index contributed by atoms with van der Waals surface area (Å²) in [5.74, 6) is -0.876. The molecule has 1 atom stereocenters. The van der Waals surface area contributed by atoms with Crippen LogP contribution in [-0.4, -0.2) is 55.7 Å². The van der Waals surface area contributed by atoms with Crippen LogP contribution in [0, 0.1) is 0 Å². The van der Waals surface area contributed by atoms with Crippen LogP contribution in [0.5, 0.6) is 0 Å². The number of rotatable bonds is 14. The monoisotopic (exact) mass is 371 g/mol. The Labute approximate surface area is 155 Å². The molecule has 0 radical (unpaired) electrons. The Balaban J connectivity index is 3.96. The number of carbonyl (C=O) groups excluding carboxylic acids is 3. The van der Waals surface area contributed by atoms with Crippen molar-refractivity contribution in [1.82, 2.24) is 16.0 Å². The summed E-state index contributed by atoms with van der Waals surface area (Å²) >= 11 is 0. The van der Waals surface area contributed by atoms with Crippen molar-refractivity contribution in [3.05, 3.63) is 0 Å². The molecule has 0 aliphatic carbocycles. The molecule has 0 saturated heterocycles. The molecule has 0 heterocycles. The van der Waals surface area contributed by atoms with Crippen molar-refractivity contribution in [2.24, 2.45) is 10.9 Å². The second-order valence-electron chi connectivity index (χ2n) is 6.41. The lowest BCUT2D eigenvalue weighted by Gasteiger charge is -2.16. The molecular weight excluding hydrogens is 338 g/mol. The standard InChI is InChI=1S/C17H33N5O4/c1-12(2)20-11-16(24)21-14(17(18)25)7-5-6-10-19-15(23)9-8-13(3)22-26-4/h12,14,20H,5-11H2,1-4H3,(H2,18,25)(H,19,23)(H,21,24)/b22-13-. The Morgan fingerprint density at radius 2 is 1.81 bits per heavy atom. The zero-order valence-electron chi connectivity index (χ0n) is 16.3. The number of primary amides is 1. The van der Waals surface area contributed by atoms with Crippen molar-refractivity contribution >= 4 is 23.4 Å². The predicted molar refractivity (Wildman–Crippen MR) is 100 cm³/mol. The van der Waals surface area contributed by atoms with Crippen molar-refractivity contribution in [1.29, 1.82) is 0 Å². The SMILES string of the molecule is CO/N=C(/C)CCC(=O)NCCCCC(NC(=O)CNC(C)C)C(N)=O. The lowest BCUT2D eigenvalue weighted by atomic mass is 10.1. The molecule has 0 aromatic carbocycles. The summed E-state index contributed by atoms with van der Waals surface area (Å²) in [6.07, 6.45) is 2.69. The first kappa shape index (κ1) is 23.8. The fraction of sp³-hybridized carbons (Fsp3) is 0.765. The minimum absolute atomic E-state index is 0.0600. The van der Waals surface area contributed by atoms with Gasteiger partial charge in [-0.3, -0.25) is 14.4 Å². The highest BCUT2D eigenvalue weighted by Gasteiger charge is 2.17. The van der Waals surface area contributed by atoms with E-state index in [2.05, 4.69) is 25.9 Å². The number of hydrogen-bond donors (Lipinski definition) is 4. The fourth-order valence-corrected chi connectivity index (χ4v) is 2.11. The van der Waals surface area contributed by atoms with Gasteiger partial charge in [0.05, 0.1) is 12.3 Å². The van der Waals surface area contributed by atoms with Gasteiger partial charge in [-0.25, -0.2) is 0 Å². The van der Waals surface area contributed by atoms with Gasteiger partial charge in [0, 0.05) is 19.0 Å². The first-order valence-electron chi connectivity index (χ1n) is 8.91. The van der Waals surface area contributed by atoms with Gasteiger partial charge in [-0.15, -0.1) is 0 Å². The summed E-state index contributed by atoms with van der Waals surface area (Å²) < 4.78 is 0. The minimum Gasteiger partial charge on any atom is -0.399 e. The number of amides is 3. The molecule has 26 heavy (non-hydrogen) atoms. The van der Waals surface area contributed by atoms with Gasteiger partial charge in [0.2, 0.25) is 17.7 Å². The number of carbonyl (C=O) groups is 3. The summed E-state index contributed by atoms with van der Waals surface area (Å²) in [5, 5.41) is 12.2. The summed E-state index contributed by atoms with van der Waals surface area (Å²) in [7, 11) is 1.46. The van der Waals surface area contributed by atoms with Crippen LogP contribution in [0.15, 0.2) is 5.16 Å². The predicted octanol–water partition coefficient (Wildman–Crippen LogP) is 0.0435. The van der Waals surface area contributed by atoms with Crippen LogP contribution in [0.4, 0.5) is 0 Å². The fourth-order valence-electron chi connectivity index (χ4n) is 2.11. The number of unbranched alkanes of at least 4 members (excludes halogenated alkanes) is 1. The summed E-state index contributed by atoms with van der Waals surface area (Å²) in [6, 6.07) is -0.513. The van der Waals surface area contributed by atoms with E-state index in [1.165, 1.54) is 7.11 Å². The molecule has 0 aromatic heterocycles. The van der Waals surface area contributed by atoms with Gasteiger partial charge in [0.1, 0.15) is 13.2 Å². The van der Waals surface area contributed by atoms with Gasteiger partial charge in [-0.1, -0.05) is 19.0 Å². The molecule has 0 spiro atoms. The molecule has 0 aliphatic heterocycles. The quantitative estimate of drug-likeness (QED) is 0.194. The molecule has 0 rings (SSSR count). The lowest BCUT2D eigenvalue weighted by Crippen LogP contribution is -2.48. The molecule has 5 N–H and O–H groups in total. The number of hydrogen-bond acceptors (Lipinski definition) is 6. The van der Waals surface area contributed by atoms with Crippen molar-refractivity contribution in [2.45, 2.75) is 65.0 Å². The first-order valence-corrected chi connectivity index (χ1v) is 8.91. The number of nitrogens with one attached hydrogen (secondary N) is 3. The summed E-state index contributed by atoms with van der Waals surface area (Å²) in [4.78, 5) is 39.5. The van der Waals surface area contributed by atoms with Crippen LogP contribution in [0.1, 0.15) is 52.9 Å². The highest BCUT2D eigenvalue weighted by molar-refractivity contribution is 5.87. The van der Waals surface area contributed by atoms with E-state index >= 15 is 0 Å². The van der Waals surface area contributed by atoms with Crippen LogP contribution in [0.3, 0.4) is 0 Å². The smallest absolute Gasteiger partial charge is 0.240 e. The van der Waals surface area contributed by atoms with Crippen LogP contribution >= 0.6 is 0 Å². The minimum atomic E-state index is -0.694. The highest BCUT2D eigenvalue weighted by atomic mass is 16.6. The van der Waals surface area contributed by atoms with E-state index in [9.17, 15) is 14.4 Å². The van der Waals surface area contributed by atoms with E-state index in [4.69, 9.17) is 5.73 Å². The molecule has 0 saturated carbocycles. The topological polar surface area (TPSA) is 135 Å². The molecule has 0 bridgehead atoms. The largest absolute Gasteiger partial charge is 0.399 e. The molecule has 9 heteroatoms. The zero-order chi connectivity index (χ0) is 19.9. The van der Waals surface area contributed by atoms with Gasteiger partial charge in [0.25, 0.3) is 0 Å². The average Bonchev–Trinajstić information content (AvgIpc) is 2.56. The van der Waals surface area contributed by atoms with E-state index in [1.807, 2.05) is 13.8 Å². The van der Waals surface area contributed by atoms with Crippen molar-refractivity contribution < 1.29 is 19.2 Å². The van der Waals surface area contributed by atoms with Gasteiger partial charge >= 0.3 is 0 Å². The third kappa shape index (κ3) is 13.2. The summed E-state index contributed by atoms with van der Waals surface area (Å²) in [6.45, 7) is 6.31. The number of oxime groups is 1. The highest BCUT2D eigenvalue weighted by Crippen LogP contribution is 2.01. The Morgan fingerprint density at radius 3 is 2.38 bits per heavy atom. The molecule has 0 fully saturated rings. The third-order valence-corrected chi connectivity index (χ3v) is 3.55. The van der Waals surface area contributed by atoms with Gasteiger partial charge in [-0.2, -0.15) is 0 Å². The van der Waals surface area contributed by atoms with Crippen LogP contribution in [0.2, 0.25) is 0 Å². The molecule has 1 unspecified atom stereocenters. The van der Waals surface area contributed by atoms with Crippen LogP contribution < -0.4 is 21.7 Å². The van der Waals surface area contributed by atoms with E-state index < -0.39 is 11.9 Å². The van der Waals surface area contributed by atoms with Crippen LogP contribution in [-0.2, 0) is 19.2 Å². The van der Waals surface area contributed by atoms with Crippen molar-refractivity contribution in [2.75, 3.05) is 20.2 Å². The Kier molecular flexibility index (Phi) is 12.9. The number of nitrogens with zero attached hydrogens (tertiary/aromatic N) is 1. The van der Waals surface area contributed by atoms with Gasteiger partial charge < -0.3 is 26.5 Å². The lowest BCUT2D eigenvalue weighted by molar-refractivity contribution is -0.127. The molecule has 0 aromatic rings. The maximum Gasteiger partial charge on any atom is 0.240 e. The first-order chi connectivity index (χ1) is 12.3. The molecule has 3 amide bonds. The summed E-state index contributed by atoms with van der Waals surface area (Å²) in [5.41, 5.74) is 6.09. The van der Waals surface area contributed by atoms with Crippen molar-refractivity contribution in [3.63, 3.8) is 0 Å². The second kappa shape index (κ2) is 14.1. The normalized spacial score (nSPS) is 12.6. The third-order valence-electron chi connectivity index (χ3n) is 3.55. The Hall–Kier alpha value is -2.16. The molecular formula is C17H33N5O4. The van der Waals surface area contributed by atoms with Crippen molar-refractivity contribution in [3.8, 4) is 0 Å². The molecule has 0 aliphatic rings. The Morgan fingerprint density at radius 1 is 1.12 bits per heavy atom. The van der Waals surface area contributed by atoms with E-state index in [-0.39, 0.29) is 24.4 Å². The maximum atomic E-state index is 11.8. The molecule has 9 nitrogen and oxygen atoms in total. The average molecular weight is 371 g/mol. The molecule has 150 valence electrons. The van der Waals surface area contributed by atoms with E-state index in [0.29, 0.717) is 38.6 Å². The number of nitrogens with two attached hydrogens (primary N) is 1. The maximum absolute atomic E-state index is 11.8. The van der Waals surface area contributed by atoms with Gasteiger partial charge in [0.15, 0.2) is 0 Å².